The van der Waals surface area contributed by atoms with Gasteiger partial charge in [-0.1, -0.05) is 57.9 Å². The average Bonchev–Trinajstić information content (AvgIpc) is 2.70. The van der Waals surface area contributed by atoms with Crippen LogP contribution in [0.2, 0.25) is 0 Å². The largest absolute Gasteiger partial charge is 0.382 e. The molecule has 1 aliphatic rings. The van der Waals surface area contributed by atoms with E-state index in [0.29, 0.717) is 6.04 Å². The van der Waals surface area contributed by atoms with Crippen LogP contribution < -0.4 is 5.32 Å². The molecule has 2 heteroatoms. The number of hydrogen-bond donors (Lipinski definition) is 1. The van der Waals surface area contributed by atoms with E-state index >= 15 is 0 Å². The first-order valence-corrected chi connectivity index (χ1v) is 11.5. The summed E-state index contributed by atoms with van der Waals surface area (Å²) in [6.07, 6.45) is 12.3. The van der Waals surface area contributed by atoms with Gasteiger partial charge in [0.2, 0.25) is 0 Å². The number of aromatic nitrogens is 1. The number of aryl methyl sites for hydroxylation is 3. The Morgan fingerprint density at radius 1 is 1.06 bits per heavy atom. The van der Waals surface area contributed by atoms with Gasteiger partial charge in [-0.3, -0.25) is 4.98 Å². The Bertz CT molecular complexity index is 829. The SMILES string of the molecule is C#Cc1ccc(C)cc1C.C=C(NC1CCC(C)CC1)c1ccc(C)nc1.CC(C)C. The molecule has 1 aromatic carbocycles. The van der Waals surface area contributed by atoms with E-state index in [1.807, 2.05) is 38.2 Å². The van der Waals surface area contributed by atoms with Crippen molar-refractivity contribution < 1.29 is 0 Å². The van der Waals surface area contributed by atoms with Crippen LogP contribution in [0.5, 0.6) is 0 Å². The van der Waals surface area contributed by atoms with Crippen LogP contribution in [-0.4, -0.2) is 11.0 Å². The molecular weight excluding hydrogens is 376 g/mol. The number of nitrogens with one attached hydrogen (secondary N) is 1. The smallest absolute Gasteiger partial charge is 0.0373 e. The minimum absolute atomic E-state index is 0.597. The molecule has 0 spiro atoms. The Hall–Kier alpha value is -2.53. The van der Waals surface area contributed by atoms with E-state index in [1.165, 1.54) is 36.8 Å². The molecule has 168 valence electrons. The predicted molar refractivity (Wildman–Crippen MR) is 137 cm³/mol. The zero-order chi connectivity index (χ0) is 23.4. The van der Waals surface area contributed by atoms with Gasteiger partial charge in [0.1, 0.15) is 0 Å². The van der Waals surface area contributed by atoms with E-state index < -0.39 is 0 Å². The lowest BCUT2D eigenvalue weighted by atomic mass is 9.87. The average molecular weight is 419 g/mol. The standard InChI is InChI=1S/C15H22N2.C10H10.C4H10/c1-11-4-8-15(9-5-11)17-13(3)14-7-6-12(2)16-10-14;1-4-10-6-5-8(2)7-9(10)3;1-4(2)3/h6-7,10-11,15,17H,3-5,8-9H2,1-2H3;1,5-7H,2-3H3;4H,1-3H3. The highest BCUT2D eigenvalue weighted by molar-refractivity contribution is 5.61. The quantitative estimate of drug-likeness (QED) is 0.523. The fourth-order valence-corrected chi connectivity index (χ4v) is 3.36. The number of rotatable bonds is 3. The Morgan fingerprint density at radius 2 is 1.68 bits per heavy atom. The molecule has 1 heterocycles. The van der Waals surface area contributed by atoms with Gasteiger partial charge in [-0.25, -0.2) is 0 Å². The Labute approximate surface area is 191 Å². The van der Waals surface area contributed by atoms with E-state index in [1.54, 1.807) is 0 Å². The maximum atomic E-state index is 5.25. The van der Waals surface area contributed by atoms with Crippen molar-refractivity contribution in [3.8, 4) is 12.3 Å². The van der Waals surface area contributed by atoms with Crippen molar-refractivity contribution in [1.82, 2.24) is 10.3 Å². The predicted octanol–water partition coefficient (Wildman–Crippen LogP) is 7.48. The summed E-state index contributed by atoms with van der Waals surface area (Å²) in [5.74, 6) is 4.35. The molecule has 3 rings (SSSR count). The van der Waals surface area contributed by atoms with Crippen LogP contribution in [0.25, 0.3) is 5.70 Å². The van der Waals surface area contributed by atoms with Crippen LogP contribution in [-0.2, 0) is 0 Å². The first kappa shape index (κ1) is 26.5. The van der Waals surface area contributed by atoms with Gasteiger partial charge >= 0.3 is 0 Å². The van der Waals surface area contributed by atoms with Crippen molar-refractivity contribution in [2.45, 2.75) is 80.2 Å². The lowest BCUT2D eigenvalue weighted by Gasteiger charge is -2.28. The number of hydrogen-bond acceptors (Lipinski definition) is 2. The number of benzene rings is 1. The van der Waals surface area contributed by atoms with Gasteiger partial charge in [0.25, 0.3) is 0 Å². The van der Waals surface area contributed by atoms with Crippen LogP contribution >= 0.6 is 0 Å². The highest BCUT2D eigenvalue weighted by Gasteiger charge is 2.18. The Morgan fingerprint density at radius 3 is 2.16 bits per heavy atom. The molecule has 2 aromatic rings. The second-order valence-corrected chi connectivity index (χ2v) is 9.46. The van der Waals surface area contributed by atoms with Crippen LogP contribution in [0.15, 0.2) is 43.1 Å². The lowest BCUT2D eigenvalue weighted by Crippen LogP contribution is -2.31. The summed E-state index contributed by atoms with van der Waals surface area (Å²) in [5, 5.41) is 3.54. The molecule has 1 aliphatic carbocycles. The summed E-state index contributed by atoms with van der Waals surface area (Å²) in [5.41, 5.74) is 6.60. The lowest BCUT2D eigenvalue weighted by molar-refractivity contribution is 0.328. The molecule has 0 saturated heterocycles. The van der Waals surface area contributed by atoms with Gasteiger partial charge in [0, 0.05) is 34.8 Å². The number of pyridine rings is 1. The molecule has 0 radical (unpaired) electrons. The molecular formula is C29H42N2. The zero-order valence-corrected chi connectivity index (χ0v) is 20.8. The van der Waals surface area contributed by atoms with Gasteiger partial charge in [0.15, 0.2) is 0 Å². The zero-order valence-electron chi connectivity index (χ0n) is 20.8. The Kier molecular flexibility index (Phi) is 11.7. The van der Waals surface area contributed by atoms with Crippen LogP contribution in [0, 0.1) is 45.0 Å². The van der Waals surface area contributed by atoms with Crippen molar-refractivity contribution in [2.75, 3.05) is 0 Å². The molecule has 1 saturated carbocycles. The molecule has 0 amide bonds. The summed E-state index contributed by atoms with van der Waals surface area (Å²) in [7, 11) is 0. The maximum absolute atomic E-state index is 5.25. The van der Waals surface area contributed by atoms with Gasteiger partial charge < -0.3 is 5.32 Å². The summed E-state index contributed by atoms with van der Waals surface area (Å²) in [6, 6.07) is 10.8. The summed E-state index contributed by atoms with van der Waals surface area (Å²) in [4.78, 5) is 4.30. The molecule has 2 nitrogen and oxygen atoms in total. The monoisotopic (exact) mass is 418 g/mol. The number of nitrogens with zero attached hydrogens (tertiary/aromatic N) is 1. The van der Waals surface area contributed by atoms with Gasteiger partial charge in [0.05, 0.1) is 0 Å². The van der Waals surface area contributed by atoms with Crippen molar-refractivity contribution in [3.63, 3.8) is 0 Å². The summed E-state index contributed by atoms with van der Waals surface area (Å²) >= 11 is 0. The van der Waals surface area contributed by atoms with Crippen LogP contribution in [0.3, 0.4) is 0 Å². The normalized spacial score (nSPS) is 17.4. The van der Waals surface area contributed by atoms with E-state index in [2.05, 4.69) is 69.6 Å². The van der Waals surface area contributed by atoms with Crippen molar-refractivity contribution in [1.29, 1.82) is 0 Å². The molecule has 1 fully saturated rings. The van der Waals surface area contributed by atoms with Gasteiger partial charge in [-0.15, -0.1) is 6.42 Å². The van der Waals surface area contributed by atoms with E-state index in [4.69, 9.17) is 6.42 Å². The van der Waals surface area contributed by atoms with Gasteiger partial charge in [-0.2, -0.15) is 0 Å². The molecule has 0 bridgehead atoms. The third-order valence-corrected chi connectivity index (χ3v) is 5.19. The molecule has 1 N–H and O–H groups in total. The summed E-state index contributed by atoms with van der Waals surface area (Å²) in [6.45, 7) is 19.1. The number of terminal acetylenes is 1. The second-order valence-electron chi connectivity index (χ2n) is 9.46. The first-order valence-electron chi connectivity index (χ1n) is 11.5. The van der Waals surface area contributed by atoms with Crippen molar-refractivity contribution >= 4 is 5.70 Å². The molecule has 0 unspecified atom stereocenters. The van der Waals surface area contributed by atoms with Gasteiger partial charge in [-0.05, 0) is 82.1 Å². The Balaban J connectivity index is 0.000000290. The van der Waals surface area contributed by atoms with E-state index in [9.17, 15) is 0 Å². The van der Waals surface area contributed by atoms with Crippen LogP contribution in [0.4, 0.5) is 0 Å². The topological polar surface area (TPSA) is 24.9 Å². The minimum atomic E-state index is 0.597. The molecule has 1 aromatic heterocycles. The fourth-order valence-electron chi connectivity index (χ4n) is 3.36. The molecule has 0 atom stereocenters. The minimum Gasteiger partial charge on any atom is -0.382 e. The molecule has 31 heavy (non-hydrogen) atoms. The van der Waals surface area contributed by atoms with E-state index in [-0.39, 0.29) is 0 Å². The third-order valence-electron chi connectivity index (χ3n) is 5.19. The summed E-state index contributed by atoms with van der Waals surface area (Å²) < 4.78 is 0. The van der Waals surface area contributed by atoms with Crippen molar-refractivity contribution in [2.24, 2.45) is 11.8 Å². The van der Waals surface area contributed by atoms with Crippen molar-refractivity contribution in [3.05, 3.63) is 71.1 Å². The fraction of sp³-hybridized carbons (Fsp3) is 0.483. The van der Waals surface area contributed by atoms with Crippen LogP contribution in [0.1, 0.15) is 81.3 Å². The third kappa shape index (κ3) is 10.9. The highest BCUT2D eigenvalue weighted by atomic mass is 14.9. The highest BCUT2D eigenvalue weighted by Crippen LogP contribution is 2.25. The van der Waals surface area contributed by atoms with E-state index in [0.717, 1.165) is 34.4 Å². The molecule has 0 aliphatic heterocycles. The maximum Gasteiger partial charge on any atom is 0.0373 e. The second kappa shape index (κ2) is 13.7. The first-order chi connectivity index (χ1) is 14.6.